The molecule has 1 aliphatic carbocycles. The number of aliphatic hydroxyl groups excluding tert-OH is 1. The lowest BCUT2D eigenvalue weighted by atomic mass is 9.95. The van der Waals surface area contributed by atoms with Crippen LogP contribution in [0, 0.1) is 0 Å². The Morgan fingerprint density at radius 1 is 1.06 bits per heavy atom. The van der Waals surface area contributed by atoms with Crippen molar-refractivity contribution in [3.05, 3.63) is 59.7 Å². The third-order valence-corrected chi connectivity index (χ3v) is 3.47. The molecule has 0 unspecified atom stereocenters. The van der Waals surface area contributed by atoms with E-state index in [-0.39, 0.29) is 5.78 Å². The maximum absolute atomic E-state index is 11.7. The molecule has 2 aromatic rings. The molecular formula is C16H14O2. The van der Waals surface area contributed by atoms with Crippen LogP contribution in [0.15, 0.2) is 54.1 Å². The number of hydrogen-bond donors (Lipinski definition) is 1. The van der Waals surface area contributed by atoms with Crippen LogP contribution in [0.4, 0.5) is 0 Å². The van der Waals surface area contributed by atoms with E-state index in [1.807, 2.05) is 48.5 Å². The molecular weight excluding hydrogens is 224 g/mol. The first-order valence-corrected chi connectivity index (χ1v) is 6.16. The molecule has 0 spiro atoms. The van der Waals surface area contributed by atoms with Crippen LogP contribution in [0.2, 0.25) is 0 Å². The normalized spacial score (nSPS) is 16.9. The van der Waals surface area contributed by atoms with Crippen LogP contribution >= 0.6 is 0 Å². The molecule has 90 valence electrons. The molecule has 2 heteroatoms. The monoisotopic (exact) mass is 238 g/mol. The fraction of sp³-hybridized carbons (Fsp3) is 0.188. The third kappa shape index (κ3) is 1.75. The largest absolute Gasteiger partial charge is 0.384 e. The van der Waals surface area contributed by atoms with E-state index < -0.39 is 6.10 Å². The Hall–Kier alpha value is -1.93. The summed E-state index contributed by atoms with van der Waals surface area (Å²) in [5, 5.41) is 12.5. The number of carbonyl (C=O) groups is 1. The van der Waals surface area contributed by atoms with Gasteiger partial charge in [-0.05, 0) is 22.8 Å². The summed E-state index contributed by atoms with van der Waals surface area (Å²) in [6, 6.07) is 13.7. The maximum Gasteiger partial charge on any atom is 0.161 e. The lowest BCUT2D eigenvalue weighted by Gasteiger charge is -2.14. The summed E-state index contributed by atoms with van der Waals surface area (Å²) in [7, 11) is 0. The van der Waals surface area contributed by atoms with Gasteiger partial charge in [0.1, 0.15) is 6.10 Å². The molecule has 0 amide bonds. The number of ketones is 1. The van der Waals surface area contributed by atoms with Gasteiger partial charge in [0.2, 0.25) is 0 Å². The number of carbonyl (C=O) groups excluding carboxylic acids is 1. The minimum Gasteiger partial charge on any atom is -0.384 e. The summed E-state index contributed by atoms with van der Waals surface area (Å²) in [6.45, 7) is 0. The number of rotatable bonds is 2. The van der Waals surface area contributed by atoms with Gasteiger partial charge in [0, 0.05) is 12.0 Å². The second kappa shape index (κ2) is 4.39. The van der Waals surface area contributed by atoms with Crippen molar-refractivity contribution in [1.82, 2.24) is 0 Å². The predicted octanol–water partition coefficient (Wildman–Crippen LogP) is 3.16. The molecule has 0 aromatic heterocycles. The van der Waals surface area contributed by atoms with Gasteiger partial charge in [-0.3, -0.25) is 4.79 Å². The summed E-state index contributed by atoms with van der Waals surface area (Å²) in [6.07, 6.45) is 2.33. The van der Waals surface area contributed by atoms with E-state index in [0.717, 1.165) is 22.8 Å². The second-order valence-electron chi connectivity index (χ2n) is 4.59. The molecule has 0 saturated carbocycles. The molecule has 1 N–H and O–H groups in total. The average molecular weight is 238 g/mol. The van der Waals surface area contributed by atoms with Crippen molar-refractivity contribution in [3.63, 3.8) is 0 Å². The Balaban J connectivity index is 2.12. The van der Waals surface area contributed by atoms with Crippen LogP contribution in [0.1, 0.15) is 24.5 Å². The molecule has 1 atom stereocenters. The van der Waals surface area contributed by atoms with E-state index in [4.69, 9.17) is 0 Å². The summed E-state index contributed by atoms with van der Waals surface area (Å²) in [5.41, 5.74) is 1.36. The molecule has 0 aliphatic heterocycles. The van der Waals surface area contributed by atoms with Crippen LogP contribution in [0.25, 0.3) is 10.8 Å². The van der Waals surface area contributed by atoms with Crippen LogP contribution in [-0.2, 0) is 4.79 Å². The van der Waals surface area contributed by atoms with Crippen LogP contribution in [0.3, 0.4) is 0 Å². The van der Waals surface area contributed by atoms with E-state index in [1.165, 1.54) is 0 Å². The lowest BCUT2D eigenvalue weighted by Crippen LogP contribution is -2.07. The fourth-order valence-corrected chi connectivity index (χ4v) is 2.54. The van der Waals surface area contributed by atoms with E-state index in [0.29, 0.717) is 12.0 Å². The van der Waals surface area contributed by atoms with Crippen LogP contribution in [0.5, 0.6) is 0 Å². The van der Waals surface area contributed by atoms with Gasteiger partial charge in [-0.2, -0.15) is 0 Å². The molecule has 0 saturated heterocycles. The topological polar surface area (TPSA) is 37.3 Å². The predicted molar refractivity (Wildman–Crippen MR) is 71.2 cm³/mol. The molecule has 1 aliphatic rings. The first-order chi connectivity index (χ1) is 8.77. The van der Waals surface area contributed by atoms with Crippen molar-refractivity contribution in [2.45, 2.75) is 18.9 Å². The van der Waals surface area contributed by atoms with Gasteiger partial charge in [-0.1, -0.05) is 48.5 Å². The van der Waals surface area contributed by atoms with Gasteiger partial charge in [0.25, 0.3) is 0 Å². The van der Waals surface area contributed by atoms with Crippen LogP contribution < -0.4 is 0 Å². The molecule has 2 nitrogen and oxygen atoms in total. The number of allylic oxidation sites excluding steroid dienone is 1. The number of hydrogen-bond acceptors (Lipinski definition) is 2. The molecule has 0 radical (unpaired) electrons. The van der Waals surface area contributed by atoms with E-state index in [1.54, 1.807) is 0 Å². The summed E-state index contributed by atoms with van der Waals surface area (Å²) >= 11 is 0. The number of Topliss-reactive ketones (excluding diaryl/α,β-unsaturated/α-hetero) is 1. The number of aliphatic hydroxyl groups is 1. The SMILES string of the molecule is O=C1CCC=C1[C@@H](O)c1cccc2ccccc12. The third-order valence-electron chi connectivity index (χ3n) is 3.47. The lowest BCUT2D eigenvalue weighted by molar-refractivity contribution is -0.115. The Bertz CT molecular complexity index is 635. The minimum absolute atomic E-state index is 0.0652. The molecule has 0 fully saturated rings. The number of benzene rings is 2. The van der Waals surface area contributed by atoms with Gasteiger partial charge in [0.15, 0.2) is 5.78 Å². The molecule has 0 bridgehead atoms. The Labute approximate surface area is 106 Å². The minimum atomic E-state index is -0.800. The van der Waals surface area contributed by atoms with Crippen molar-refractivity contribution in [3.8, 4) is 0 Å². The highest BCUT2D eigenvalue weighted by molar-refractivity contribution is 5.99. The first-order valence-electron chi connectivity index (χ1n) is 6.16. The van der Waals surface area contributed by atoms with Crippen molar-refractivity contribution >= 4 is 16.6 Å². The van der Waals surface area contributed by atoms with Crippen LogP contribution in [-0.4, -0.2) is 10.9 Å². The molecule has 18 heavy (non-hydrogen) atoms. The Morgan fingerprint density at radius 3 is 2.61 bits per heavy atom. The van der Waals surface area contributed by atoms with Gasteiger partial charge in [0.05, 0.1) is 0 Å². The summed E-state index contributed by atoms with van der Waals surface area (Å²) < 4.78 is 0. The highest BCUT2D eigenvalue weighted by Gasteiger charge is 2.24. The quantitative estimate of drug-likeness (QED) is 0.872. The smallest absolute Gasteiger partial charge is 0.161 e. The number of fused-ring (bicyclic) bond motifs is 1. The Kier molecular flexibility index (Phi) is 2.73. The summed E-state index contributed by atoms with van der Waals surface area (Å²) in [4.78, 5) is 11.7. The highest BCUT2D eigenvalue weighted by atomic mass is 16.3. The van der Waals surface area contributed by atoms with Gasteiger partial charge in [-0.15, -0.1) is 0 Å². The van der Waals surface area contributed by atoms with E-state index >= 15 is 0 Å². The highest BCUT2D eigenvalue weighted by Crippen LogP contribution is 2.32. The molecule has 0 heterocycles. The van der Waals surface area contributed by atoms with Gasteiger partial charge in [-0.25, -0.2) is 0 Å². The first kappa shape index (κ1) is 11.2. The zero-order chi connectivity index (χ0) is 12.5. The van der Waals surface area contributed by atoms with Crippen molar-refractivity contribution in [2.75, 3.05) is 0 Å². The maximum atomic E-state index is 11.7. The Morgan fingerprint density at radius 2 is 1.83 bits per heavy atom. The zero-order valence-corrected chi connectivity index (χ0v) is 9.97. The average Bonchev–Trinajstić information content (AvgIpc) is 2.83. The zero-order valence-electron chi connectivity index (χ0n) is 9.97. The van der Waals surface area contributed by atoms with E-state index in [2.05, 4.69) is 0 Å². The standard InChI is InChI=1S/C16H14O2/c17-15-10-4-9-14(15)16(18)13-8-3-6-11-5-1-2-7-12(11)13/h1-3,5-9,16,18H,4,10H2/t16-/m0/s1. The van der Waals surface area contributed by atoms with Gasteiger partial charge < -0.3 is 5.11 Å². The molecule has 3 rings (SSSR count). The van der Waals surface area contributed by atoms with Gasteiger partial charge >= 0.3 is 0 Å². The molecule has 2 aromatic carbocycles. The van der Waals surface area contributed by atoms with E-state index in [9.17, 15) is 9.90 Å². The van der Waals surface area contributed by atoms with Crippen molar-refractivity contribution in [2.24, 2.45) is 0 Å². The summed E-state index contributed by atoms with van der Waals surface area (Å²) in [5.74, 6) is 0.0652. The fourth-order valence-electron chi connectivity index (χ4n) is 2.54. The second-order valence-corrected chi connectivity index (χ2v) is 4.59. The van der Waals surface area contributed by atoms with Crippen molar-refractivity contribution in [1.29, 1.82) is 0 Å². The van der Waals surface area contributed by atoms with Crippen molar-refractivity contribution < 1.29 is 9.90 Å².